The Kier molecular flexibility index (Phi) is 7.06. The van der Waals surface area contributed by atoms with E-state index in [2.05, 4.69) is 26.1 Å². The third-order valence-electron chi connectivity index (χ3n) is 4.41. The van der Waals surface area contributed by atoms with Crippen LogP contribution in [-0.4, -0.2) is 27.4 Å². The SMILES string of the molecule is CC(C)CC(CNCc1cn(-c2ccccc2Cl)nc1C(C)(C)C)C(=O)O. The molecule has 1 unspecified atom stereocenters. The molecule has 0 bridgehead atoms. The highest BCUT2D eigenvalue weighted by Gasteiger charge is 2.24. The molecule has 1 atom stereocenters. The molecule has 6 heteroatoms. The Morgan fingerprint density at radius 1 is 1.30 bits per heavy atom. The van der Waals surface area contributed by atoms with Crippen molar-refractivity contribution < 1.29 is 9.90 Å². The highest BCUT2D eigenvalue weighted by atomic mass is 35.5. The van der Waals surface area contributed by atoms with Gasteiger partial charge in [0.05, 0.1) is 22.3 Å². The summed E-state index contributed by atoms with van der Waals surface area (Å²) in [4.78, 5) is 11.5. The summed E-state index contributed by atoms with van der Waals surface area (Å²) in [7, 11) is 0. The number of hydrogen-bond donors (Lipinski definition) is 2. The predicted molar refractivity (Wildman–Crippen MR) is 110 cm³/mol. The fourth-order valence-corrected chi connectivity index (χ4v) is 3.38. The minimum atomic E-state index is -0.751. The first-order chi connectivity index (χ1) is 12.6. The van der Waals surface area contributed by atoms with Gasteiger partial charge in [-0.15, -0.1) is 0 Å². The maximum atomic E-state index is 11.5. The number of carbonyl (C=O) groups is 1. The van der Waals surface area contributed by atoms with E-state index >= 15 is 0 Å². The van der Waals surface area contributed by atoms with Gasteiger partial charge in [-0.3, -0.25) is 4.79 Å². The van der Waals surface area contributed by atoms with Crippen LogP contribution < -0.4 is 5.32 Å². The summed E-state index contributed by atoms with van der Waals surface area (Å²) in [5, 5.41) is 18.1. The molecule has 0 aliphatic carbocycles. The Hall–Kier alpha value is -1.85. The number of rotatable bonds is 8. The van der Waals surface area contributed by atoms with Crippen molar-refractivity contribution in [2.24, 2.45) is 11.8 Å². The number of carboxylic acids is 1. The second-order valence-electron chi connectivity index (χ2n) is 8.44. The number of nitrogens with zero attached hydrogens (tertiary/aromatic N) is 2. The van der Waals surface area contributed by atoms with Crippen LogP contribution in [0.25, 0.3) is 5.69 Å². The smallest absolute Gasteiger partial charge is 0.307 e. The summed E-state index contributed by atoms with van der Waals surface area (Å²) in [5.41, 5.74) is 2.73. The first kappa shape index (κ1) is 21.5. The highest BCUT2D eigenvalue weighted by molar-refractivity contribution is 6.32. The van der Waals surface area contributed by atoms with E-state index in [1.807, 2.05) is 49.0 Å². The van der Waals surface area contributed by atoms with Crippen molar-refractivity contribution in [3.05, 3.63) is 46.7 Å². The Balaban J connectivity index is 2.20. The molecule has 2 rings (SSSR count). The van der Waals surface area contributed by atoms with Gasteiger partial charge >= 0.3 is 5.97 Å². The van der Waals surface area contributed by atoms with E-state index < -0.39 is 5.97 Å². The normalized spacial score (nSPS) is 13.1. The zero-order chi connectivity index (χ0) is 20.2. The Labute approximate surface area is 166 Å². The largest absolute Gasteiger partial charge is 0.481 e. The fourth-order valence-electron chi connectivity index (χ4n) is 3.15. The van der Waals surface area contributed by atoms with Crippen LogP contribution in [0.2, 0.25) is 5.02 Å². The molecule has 148 valence electrons. The molecule has 27 heavy (non-hydrogen) atoms. The van der Waals surface area contributed by atoms with E-state index in [1.165, 1.54) is 0 Å². The minimum absolute atomic E-state index is 0.131. The molecule has 0 aliphatic rings. The fraction of sp³-hybridized carbons (Fsp3) is 0.524. The van der Waals surface area contributed by atoms with Crippen LogP contribution in [0.15, 0.2) is 30.5 Å². The van der Waals surface area contributed by atoms with E-state index in [0.717, 1.165) is 16.9 Å². The number of halogens is 1. The summed E-state index contributed by atoms with van der Waals surface area (Å²) in [6.07, 6.45) is 2.64. The molecule has 0 radical (unpaired) electrons. The summed E-state index contributed by atoms with van der Waals surface area (Å²) >= 11 is 6.32. The van der Waals surface area contributed by atoms with E-state index in [9.17, 15) is 9.90 Å². The van der Waals surface area contributed by atoms with Gasteiger partial charge in [0, 0.05) is 30.3 Å². The summed E-state index contributed by atoms with van der Waals surface area (Å²) in [6.45, 7) is 11.5. The van der Waals surface area contributed by atoms with E-state index in [4.69, 9.17) is 16.7 Å². The number of hydrogen-bond acceptors (Lipinski definition) is 3. The van der Waals surface area contributed by atoms with Gasteiger partial charge in [-0.1, -0.05) is 58.4 Å². The maximum absolute atomic E-state index is 11.5. The summed E-state index contributed by atoms with van der Waals surface area (Å²) in [6, 6.07) is 7.60. The molecule has 0 aliphatic heterocycles. The number of aliphatic carboxylic acids is 1. The van der Waals surface area contributed by atoms with Crippen molar-refractivity contribution in [3.8, 4) is 5.69 Å². The van der Waals surface area contributed by atoms with Gasteiger partial charge in [0.1, 0.15) is 0 Å². The van der Waals surface area contributed by atoms with Gasteiger partial charge < -0.3 is 10.4 Å². The number of carboxylic acid groups (broad SMARTS) is 1. The number of nitrogens with one attached hydrogen (secondary N) is 1. The third kappa shape index (κ3) is 5.81. The molecular weight excluding hydrogens is 362 g/mol. The van der Waals surface area contributed by atoms with Crippen LogP contribution >= 0.6 is 11.6 Å². The average molecular weight is 392 g/mol. The van der Waals surface area contributed by atoms with Crippen LogP contribution in [0, 0.1) is 11.8 Å². The van der Waals surface area contributed by atoms with Crippen LogP contribution in [0.3, 0.4) is 0 Å². The van der Waals surface area contributed by atoms with E-state index in [0.29, 0.717) is 30.5 Å². The first-order valence-corrected chi connectivity index (χ1v) is 9.74. The molecule has 0 saturated carbocycles. The van der Waals surface area contributed by atoms with Crippen molar-refractivity contribution in [3.63, 3.8) is 0 Å². The lowest BCUT2D eigenvalue weighted by molar-refractivity contribution is -0.142. The molecule has 0 fully saturated rings. The van der Waals surface area contributed by atoms with E-state index in [-0.39, 0.29) is 11.3 Å². The van der Waals surface area contributed by atoms with Gasteiger partial charge in [-0.2, -0.15) is 5.10 Å². The van der Waals surface area contributed by atoms with Crippen molar-refractivity contribution in [1.29, 1.82) is 0 Å². The van der Waals surface area contributed by atoms with E-state index in [1.54, 1.807) is 0 Å². The number of aromatic nitrogens is 2. The van der Waals surface area contributed by atoms with Gasteiger partial charge in [0.15, 0.2) is 0 Å². The molecule has 5 nitrogen and oxygen atoms in total. The van der Waals surface area contributed by atoms with Crippen LogP contribution in [0.4, 0.5) is 0 Å². The Morgan fingerprint density at radius 2 is 1.96 bits per heavy atom. The zero-order valence-corrected chi connectivity index (χ0v) is 17.5. The molecule has 0 amide bonds. The topological polar surface area (TPSA) is 67.2 Å². The van der Waals surface area contributed by atoms with Crippen molar-refractivity contribution in [1.82, 2.24) is 15.1 Å². The molecule has 0 saturated heterocycles. The molecule has 1 heterocycles. The third-order valence-corrected chi connectivity index (χ3v) is 4.73. The lowest BCUT2D eigenvalue weighted by Gasteiger charge is -2.19. The average Bonchev–Trinajstić information content (AvgIpc) is 2.98. The van der Waals surface area contributed by atoms with Gasteiger partial charge in [0.2, 0.25) is 0 Å². The van der Waals surface area contributed by atoms with Crippen LogP contribution in [-0.2, 0) is 16.8 Å². The number of benzene rings is 1. The molecule has 1 aromatic carbocycles. The zero-order valence-electron chi connectivity index (χ0n) is 16.8. The second-order valence-corrected chi connectivity index (χ2v) is 8.85. The molecular formula is C21H30ClN3O2. The Bertz CT molecular complexity index is 778. The predicted octanol–water partition coefficient (Wildman–Crippen LogP) is 4.66. The van der Waals surface area contributed by atoms with Crippen molar-refractivity contribution in [2.75, 3.05) is 6.54 Å². The minimum Gasteiger partial charge on any atom is -0.481 e. The maximum Gasteiger partial charge on any atom is 0.307 e. The summed E-state index contributed by atoms with van der Waals surface area (Å²) < 4.78 is 1.81. The highest BCUT2D eigenvalue weighted by Crippen LogP contribution is 2.27. The van der Waals surface area contributed by atoms with Crippen LogP contribution in [0.1, 0.15) is 52.3 Å². The molecule has 2 aromatic rings. The lowest BCUT2D eigenvalue weighted by Crippen LogP contribution is -2.30. The van der Waals surface area contributed by atoms with Crippen LogP contribution in [0.5, 0.6) is 0 Å². The first-order valence-electron chi connectivity index (χ1n) is 9.37. The molecule has 1 aromatic heterocycles. The molecule has 2 N–H and O–H groups in total. The quantitative estimate of drug-likeness (QED) is 0.686. The lowest BCUT2D eigenvalue weighted by atomic mass is 9.89. The molecule has 0 spiro atoms. The second kappa shape index (κ2) is 8.89. The Morgan fingerprint density at radius 3 is 2.52 bits per heavy atom. The van der Waals surface area contributed by atoms with Crippen molar-refractivity contribution in [2.45, 2.75) is 53.0 Å². The number of para-hydroxylation sites is 1. The monoisotopic (exact) mass is 391 g/mol. The van der Waals surface area contributed by atoms with Gasteiger partial charge in [-0.05, 0) is 24.5 Å². The van der Waals surface area contributed by atoms with Crippen molar-refractivity contribution >= 4 is 17.6 Å². The summed E-state index contributed by atoms with van der Waals surface area (Å²) in [5.74, 6) is -0.790. The standard InChI is InChI=1S/C21H30ClN3O2/c1-14(2)10-15(20(26)27)11-23-12-16-13-25(24-19(16)21(3,4)5)18-9-7-6-8-17(18)22/h6-9,13-15,23H,10-12H2,1-5H3,(H,26,27). The van der Waals surface area contributed by atoms with Gasteiger partial charge in [-0.25, -0.2) is 4.68 Å². The van der Waals surface area contributed by atoms with Gasteiger partial charge in [0.25, 0.3) is 0 Å².